The Hall–Kier alpha value is -1.73. The van der Waals surface area contributed by atoms with Gasteiger partial charge in [0.2, 0.25) is 0 Å². The average molecular weight is 510 g/mol. The molecule has 0 aliphatic carbocycles. The highest BCUT2D eigenvalue weighted by atomic mass is 19.4. The van der Waals surface area contributed by atoms with Crippen LogP contribution in [0.1, 0.15) is 43.4 Å². The molecule has 0 aromatic heterocycles. The highest BCUT2D eigenvalue weighted by Gasteiger charge is 2.90. The van der Waals surface area contributed by atoms with Crippen LogP contribution in [0.4, 0.5) is 57.1 Å². The van der Waals surface area contributed by atoms with E-state index in [0.717, 1.165) is 6.07 Å². The third-order valence-electron chi connectivity index (χ3n) is 4.87. The molecule has 1 unspecified atom stereocenters. The Labute approximate surface area is 179 Å². The fraction of sp³-hybridized carbons (Fsp3) is 0.684. The van der Waals surface area contributed by atoms with Gasteiger partial charge in [-0.05, 0) is 24.0 Å². The maximum absolute atomic E-state index is 14.2. The molecular formula is C19H19F13O. The predicted molar refractivity (Wildman–Crippen MR) is 90.2 cm³/mol. The standard InChI is InChI=1S/C19H19F13O/c1-3-4-6-11-7-5-8-12(9-11)13(33-2)10-14(20,21)15(22,23)16(24,25)17(26,27)18(28,29)19(30,31)32/h5,7-9,13H,3-4,6,10H2,1-2H3. The fourth-order valence-electron chi connectivity index (χ4n) is 2.83. The van der Waals surface area contributed by atoms with Gasteiger partial charge in [-0.1, -0.05) is 37.6 Å². The lowest BCUT2D eigenvalue weighted by atomic mass is 9.90. The maximum atomic E-state index is 14.2. The van der Waals surface area contributed by atoms with Crippen LogP contribution in [0.2, 0.25) is 0 Å². The van der Waals surface area contributed by atoms with Crippen LogP contribution in [-0.2, 0) is 11.2 Å². The molecule has 0 saturated carbocycles. The SMILES string of the molecule is CCCCc1cccc(C(CC(F)(F)C(F)(F)C(F)(F)C(F)(F)C(F)(F)C(F)(F)F)OC)c1. The molecule has 1 atom stereocenters. The number of hydrogen-bond donors (Lipinski definition) is 0. The van der Waals surface area contributed by atoms with Crippen LogP contribution >= 0.6 is 0 Å². The molecule has 14 heteroatoms. The van der Waals surface area contributed by atoms with E-state index >= 15 is 0 Å². The minimum atomic E-state index is -7.91. The van der Waals surface area contributed by atoms with E-state index in [2.05, 4.69) is 4.74 Å². The van der Waals surface area contributed by atoms with Crippen molar-refractivity contribution in [2.24, 2.45) is 0 Å². The van der Waals surface area contributed by atoms with Crippen LogP contribution in [0.5, 0.6) is 0 Å². The van der Waals surface area contributed by atoms with Crippen molar-refractivity contribution < 1.29 is 61.8 Å². The van der Waals surface area contributed by atoms with Crippen molar-refractivity contribution in [1.29, 1.82) is 0 Å². The summed E-state index contributed by atoms with van der Waals surface area (Å²) in [4.78, 5) is 0. The summed E-state index contributed by atoms with van der Waals surface area (Å²) in [6, 6.07) is 5.08. The summed E-state index contributed by atoms with van der Waals surface area (Å²) >= 11 is 0. The van der Waals surface area contributed by atoms with Gasteiger partial charge in [0, 0.05) is 13.5 Å². The summed E-state index contributed by atoms with van der Waals surface area (Å²) < 4.78 is 177. The fourth-order valence-corrected chi connectivity index (χ4v) is 2.83. The predicted octanol–water partition coefficient (Wildman–Crippen LogP) is 7.85. The van der Waals surface area contributed by atoms with Crippen molar-refractivity contribution in [3.8, 4) is 0 Å². The third-order valence-corrected chi connectivity index (χ3v) is 4.87. The van der Waals surface area contributed by atoms with E-state index in [9.17, 15) is 57.1 Å². The van der Waals surface area contributed by atoms with E-state index in [1.807, 2.05) is 6.92 Å². The number of alkyl halides is 13. The average Bonchev–Trinajstić information content (AvgIpc) is 2.69. The van der Waals surface area contributed by atoms with Gasteiger partial charge in [-0.25, -0.2) is 0 Å². The molecule has 1 nitrogen and oxygen atoms in total. The lowest BCUT2D eigenvalue weighted by Crippen LogP contribution is -2.70. The van der Waals surface area contributed by atoms with Crippen molar-refractivity contribution in [2.75, 3.05) is 7.11 Å². The van der Waals surface area contributed by atoms with Crippen LogP contribution in [0, 0.1) is 0 Å². The molecule has 0 heterocycles. The molecule has 0 amide bonds. The molecule has 0 saturated heterocycles. The van der Waals surface area contributed by atoms with Crippen molar-refractivity contribution in [3.05, 3.63) is 35.4 Å². The van der Waals surface area contributed by atoms with Crippen molar-refractivity contribution in [3.63, 3.8) is 0 Å². The van der Waals surface area contributed by atoms with Crippen molar-refractivity contribution in [1.82, 2.24) is 0 Å². The van der Waals surface area contributed by atoms with E-state index in [1.54, 1.807) is 0 Å². The molecule has 33 heavy (non-hydrogen) atoms. The minimum absolute atomic E-state index is 0.253. The van der Waals surface area contributed by atoms with Crippen LogP contribution in [0.25, 0.3) is 0 Å². The van der Waals surface area contributed by atoms with Gasteiger partial charge in [-0.3, -0.25) is 0 Å². The monoisotopic (exact) mass is 510 g/mol. The van der Waals surface area contributed by atoms with Crippen LogP contribution < -0.4 is 0 Å². The van der Waals surface area contributed by atoms with Crippen LogP contribution in [0.3, 0.4) is 0 Å². The lowest BCUT2D eigenvalue weighted by Gasteiger charge is -2.40. The van der Waals surface area contributed by atoms with Gasteiger partial charge in [0.15, 0.2) is 0 Å². The summed E-state index contributed by atoms with van der Waals surface area (Å²) in [7, 11) is 0.697. The molecular weight excluding hydrogens is 491 g/mol. The number of benzene rings is 1. The first-order valence-corrected chi connectivity index (χ1v) is 9.28. The van der Waals surface area contributed by atoms with Crippen molar-refractivity contribution in [2.45, 2.75) is 74.5 Å². The molecule has 0 N–H and O–H groups in total. The zero-order chi connectivity index (χ0) is 26.1. The summed E-state index contributed by atoms with van der Waals surface area (Å²) in [5, 5.41) is 0. The summed E-state index contributed by atoms with van der Waals surface area (Å²) in [6.45, 7) is 1.82. The summed E-state index contributed by atoms with van der Waals surface area (Å²) in [6.07, 6.45) is -10.2. The summed E-state index contributed by atoms with van der Waals surface area (Å²) in [5.74, 6) is -37.0. The third kappa shape index (κ3) is 5.19. The van der Waals surface area contributed by atoms with Crippen LogP contribution in [-0.4, -0.2) is 42.9 Å². The van der Waals surface area contributed by atoms with Gasteiger partial charge in [0.05, 0.1) is 6.10 Å². The second kappa shape index (κ2) is 9.49. The Morgan fingerprint density at radius 2 is 1.27 bits per heavy atom. The topological polar surface area (TPSA) is 9.23 Å². The second-order valence-electron chi connectivity index (χ2n) is 7.28. The molecule has 0 radical (unpaired) electrons. The first-order valence-electron chi connectivity index (χ1n) is 9.28. The highest BCUT2D eigenvalue weighted by Crippen LogP contribution is 2.61. The Morgan fingerprint density at radius 1 is 0.758 bits per heavy atom. The largest absolute Gasteiger partial charge is 0.460 e. The summed E-state index contributed by atoms with van der Waals surface area (Å²) in [5.41, 5.74) is 0.255. The van der Waals surface area contributed by atoms with Gasteiger partial charge in [0.25, 0.3) is 0 Å². The minimum Gasteiger partial charge on any atom is -0.377 e. The van der Waals surface area contributed by atoms with Crippen LogP contribution in [0.15, 0.2) is 24.3 Å². The van der Waals surface area contributed by atoms with E-state index in [-0.39, 0.29) is 5.56 Å². The van der Waals surface area contributed by atoms with Gasteiger partial charge in [0.1, 0.15) is 0 Å². The highest BCUT2D eigenvalue weighted by molar-refractivity contribution is 5.26. The van der Waals surface area contributed by atoms with Gasteiger partial charge in [-0.2, -0.15) is 57.1 Å². The number of rotatable bonds is 11. The first-order chi connectivity index (χ1) is 14.7. The number of methoxy groups -OCH3 is 1. The molecule has 0 bridgehead atoms. The Balaban J connectivity index is 3.36. The second-order valence-corrected chi connectivity index (χ2v) is 7.28. The Kier molecular flexibility index (Phi) is 8.43. The molecule has 0 aliphatic heterocycles. The smallest absolute Gasteiger partial charge is 0.377 e. The number of unbranched alkanes of at least 4 members (excludes halogenated alkanes) is 1. The molecule has 0 spiro atoms. The number of ether oxygens (including phenoxy) is 1. The van der Waals surface area contributed by atoms with Crippen molar-refractivity contribution >= 4 is 0 Å². The Morgan fingerprint density at radius 3 is 1.73 bits per heavy atom. The van der Waals surface area contributed by atoms with Gasteiger partial charge in [-0.15, -0.1) is 0 Å². The normalized spacial score (nSPS) is 15.6. The zero-order valence-corrected chi connectivity index (χ0v) is 17.0. The van der Waals surface area contributed by atoms with E-state index < -0.39 is 48.3 Å². The zero-order valence-electron chi connectivity index (χ0n) is 17.0. The molecule has 0 aliphatic rings. The Bertz CT molecular complexity index is 786. The quantitative estimate of drug-likeness (QED) is 0.276. The molecule has 1 rings (SSSR count). The maximum Gasteiger partial charge on any atom is 0.460 e. The van der Waals surface area contributed by atoms with E-state index in [1.165, 1.54) is 18.2 Å². The number of hydrogen-bond acceptors (Lipinski definition) is 1. The lowest BCUT2D eigenvalue weighted by molar-refractivity contribution is -0.440. The molecule has 0 fully saturated rings. The van der Waals surface area contributed by atoms with Gasteiger partial charge >= 0.3 is 35.8 Å². The molecule has 1 aromatic rings. The van der Waals surface area contributed by atoms with Gasteiger partial charge < -0.3 is 4.74 Å². The number of aryl methyl sites for hydroxylation is 1. The number of halogens is 13. The van der Waals surface area contributed by atoms with E-state index in [4.69, 9.17) is 0 Å². The van der Waals surface area contributed by atoms with E-state index in [0.29, 0.717) is 31.9 Å². The molecule has 1 aromatic carbocycles. The first kappa shape index (κ1) is 29.3. The molecule has 192 valence electrons.